The summed E-state index contributed by atoms with van der Waals surface area (Å²) in [6, 6.07) is 6.28. The lowest BCUT2D eigenvalue weighted by molar-refractivity contribution is 0.443. The highest BCUT2D eigenvalue weighted by molar-refractivity contribution is 5.65. The highest BCUT2D eigenvalue weighted by Crippen LogP contribution is 2.37. The number of imidazole rings is 1. The van der Waals surface area contributed by atoms with Gasteiger partial charge >= 0.3 is 0 Å². The maximum absolute atomic E-state index is 4.96. The summed E-state index contributed by atoms with van der Waals surface area (Å²) in [7, 11) is 0. The van der Waals surface area contributed by atoms with Crippen molar-refractivity contribution in [2.45, 2.75) is 51.9 Å². The van der Waals surface area contributed by atoms with E-state index in [2.05, 4.69) is 35.5 Å². The van der Waals surface area contributed by atoms with E-state index in [1.54, 1.807) is 0 Å². The number of aromatic nitrogens is 3. The molecule has 0 saturated heterocycles. The van der Waals surface area contributed by atoms with Crippen LogP contribution in [0.1, 0.15) is 54.8 Å². The van der Waals surface area contributed by atoms with Crippen molar-refractivity contribution < 1.29 is 0 Å². The summed E-state index contributed by atoms with van der Waals surface area (Å²) in [6.07, 6.45) is 13.7. The molecule has 0 unspecified atom stereocenters. The summed E-state index contributed by atoms with van der Waals surface area (Å²) in [5.41, 5.74) is 7.11. The molecule has 3 heterocycles. The molecule has 0 bridgehead atoms. The van der Waals surface area contributed by atoms with Gasteiger partial charge in [-0.3, -0.25) is 9.38 Å². The first kappa shape index (κ1) is 14.4. The molecule has 1 saturated carbocycles. The zero-order valence-corrected chi connectivity index (χ0v) is 13.8. The summed E-state index contributed by atoms with van der Waals surface area (Å²) in [6.45, 7) is 4.37. The molecule has 3 nitrogen and oxygen atoms in total. The molecule has 3 aromatic rings. The molecular weight excluding hydrogens is 282 g/mol. The molecule has 0 spiro atoms. The Hall–Kier alpha value is -2.16. The third-order valence-electron chi connectivity index (χ3n) is 5.06. The molecule has 23 heavy (non-hydrogen) atoms. The normalized spacial score (nSPS) is 16.1. The first-order valence-electron chi connectivity index (χ1n) is 8.56. The van der Waals surface area contributed by atoms with Crippen LogP contribution in [0.5, 0.6) is 0 Å². The van der Waals surface area contributed by atoms with Crippen LogP contribution in [0.3, 0.4) is 0 Å². The lowest BCUT2D eigenvalue weighted by Gasteiger charge is -2.24. The summed E-state index contributed by atoms with van der Waals surface area (Å²) in [5, 5.41) is 0. The maximum atomic E-state index is 4.96. The minimum absolute atomic E-state index is 0.646. The Kier molecular flexibility index (Phi) is 3.64. The molecular formula is C20H22N3. The summed E-state index contributed by atoms with van der Waals surface area (Å²) in [4.78, 5) is 9.06. The van der Waals surface area contributed by atoms with Gasteiger partial charge in [0.15, 0.2) is 0 Å². The number of aryl methyl sites for hydroxylation is 2. The minimum atomic E-state index is 0.646. The fourth-order valence-electron chi connectivity index (χ4n) is 3.94. The Morgan fingerprint density at radius 1 is 1.09 bits per heavy atom. The van der Waals surface area contributed by atoms with E-state index >= 15 is 0 Å². The average Bonchev–Trinajstić information content (AvgIpc) is 3.02. The zero-order chi connectivity index (χ0) is 15.8. The Morgan fingerprint density at radius 3 is 2.57 bits per heavy atom. The van der Waals surface area contributed by atoms with E-state index in [1.807, 2.05) is 24.5 Å². The molecule has 3 heteroatoms. The van der Waals surface area contributed by atoms with Crippen LogP contribution in [-0.4, -0.2) is 14.4 Å². The predicted octanol–water partition coefficient (Wildman–Crippen LogP) is 4.86. The van der Waals surface area contributed by atoms with E-state index in [0.29, 0.717) is 5.92 Å². The van der Waals surface area contributed by atoms with Crippen molar-refractivity contribution in [2.24, 2.45) is 0 Å². The lowest BCUT2D eigenvalue weighted by atomic mass is 9.82. The number of hydrogen-bond acceptors (Lipinski definition) is 2. The van der Waals surface area contributed by atoms with Crippen LogP contribution in [0.15, 0.2) is 30.6 Å². The van der Waals surface area contributed by atoms with Crippen molar-refractivity contribution in [2.75, 3.05) is 0 Å². The molecule has 0 N–H and O–H groups in total. The van der Waals surface area contributed by atoms with Crippen LogP contribution in [0.4, 0.5) is 0 Å². The zero-order valence-electron chi connectivity index (χ0n) is 13.8. The molecule has 1 radical (unpaired) electrons. The first-order chi connectivity index (χ1) is 11.2. The van der Waals surface area contributed by atoms with E-state index in [1.165, 1.54) is 48.9 Å². The van der Waals surface area contributed by atoms with Crippen molar-refractivity contribution in [1.82, 2.24) is 14.4 Å². The quantitative estimate of drug-likeness (QED) is 0.676. The highest BCUT2D eigenvalue weighted by Gasteiger charge is 2.22. The van der Waals surface area contributed by atoms with Gasteiger partial charge in [-0.05, 0) is 56.4 Å². The second kappa shape index (κ2) is 5.80. The average molecular weight is 304 g/mol. The highest BCUT2D eigenvalue weighted by atomic mass is 15.0. The third kappa shape index (κ3) is 2.54. The summed E-state index contributed by atoms with van der Waals surface area (Å²) >= 11 is 0. The Labute approximate surface area is 137 Å². The van der Waals surface area contributed by atoms with E-state index in [0.717, 1.165) is 16.9 Å². The molecule has 1 fully saturated rings. The van der Waals surface area contributed by atoms with Crippen molar-refractivity contribution in [3.05, 3.63) is 53.6 Å². The van der Waals surface area contributed by atoms with Gasteiger partial charge in [0.1, 0.15) is 11.8 Å². The topological polar surface area (TPSA) is 30.2 Å². The largest absolute Gasteiger partial charge is 0.295 e. The summed E-state index contributed by atoms with van der Waals surface area (Å²) in [5.74, 6) is 0.646. The lowest BCUT2D eigenvalue weighted by Crippen LogP contribution is -2.09. The van der Waals surface area contributed by atoms with Gasteiger partial charge in [-0.25, -0.2) is 4.98 Å². The van der Waals surface area contributed by atoms with Crippen molar-refractivity contribution in [3.63, 3.8) is 0 Å². The van der Waals surface area contributed by atoms with Crippen LogP contribution in [-0.2, 0) is 0 Å². The molecule has 117 valence electrons. The number of rotatable bonds is 2. The van der Waals surface area contributed by atoms with Crippen LogP contribution >= 0.6 is 0 Å². The van der Waals surface area contributed by atoms with Gasteiger partial charge in [-0.2, -0.15) is 0 Å². The van der Waals surface area contributed by atoms with Gasteiger partial charge < -0.3 is 0 Å². The molecule has 0 aliphatic heterocycles. The van der Waals surface area contributed by atoms with Crippen molar-refractivity contribution in [3.8, 4) is 11.3 Å². The summed E-state index contributed by atoms with van der Waals surface area (Å²) < 4.78 is 2.15. The van der Waals surface area contributed by atoms with E-state index in [9.17, 15) is 0 Å². The maximum Gasteiger partial charge on any atom is 0.142 e. The van der Waals surface area contributed by atoms with Crippen molar-refractivity contribution >= 4 is 5.65 Å². The molecule has 3 aromatic heterocycles. The molecule has 1 aliphatic rings. The van der Waals surface area contributed by atoms with Crippen LogP contribution < -0.4 is 0 Å². The molecule has 0 amide bonds. The van der Waals surface area contributed by atoms with Crippen molar-refractivity contribution in [1.29, 1.82) is 0 Å². The Balaban J connectivity index is 1.90. The van der Waals surface area contributed by atoms with Gasteiger partial charge in [0.25, 0.3) is 0 Å². The fraction of sp³-hybridized carbons (Fsp3) is 0.400. The SMILES string of the molecule is Cc1cc(C)n2[c]c(-c3ccncc3)nc2c1C1CCCCC1. The van der Waals surface area contributed by atoms with Gasteiger partial charge in [-0.1, -0.05) is 19.3 Å². The predicted molar refractivity (Wildman–Crippen MR) is 92.6 cm³/mol. The van der Waals surface area contributed by atoms with Gasteiger partial charge in [0.2, 0.25) is 0 Å². The first-order valence-corrected chi connectivity index (χ1v) is 8.56. The Bertz CT molecular complexity index is 827. The van der Waals surface area contributed by atoms with Gasteiger partial charge in [0.05, 0.1) is 5.69 Å². The smallest absolute Gasteiger partial charge is 0.142 e. The molecule has 1 aliphatic carbocycles. The fourth-order valence-corrected chi connectivity index (χ4v) is 3.94. The third-order valence-corrected chi connectivity index (χ3v) is 5.06. The second-order valence-corrected chi connectivity index (χ2v) is 6.68. The van der Waals surface area contributed by atoms with Crippen LogP contribution in [0, 0.1) is 20.0 Å². The molecule has 4 rings (SSSR count). The Morgan fingerprint density at radius 2 is 1.83 bits per heavy atom. The number of hydrogen-bond donors (Lipinski definition) is 0. The number of fused-ring (bicyclic) bond motifs is 1. The number of pyridine rings is 2. The molecule has 0 aromatic carbocycles. The standard InChI is InChI=1S/C20H22N3/c1-14-12-15(2)23-13-18(16-8-10-21-11-9-16)22-20(23)19(14)17-6-4-3-5-7-17/h8-12,17H,3-7H2,1-2H3. The molecule has 0 atom stereocenters. The van der Waals surface area contributed by atoms with E-state index < -0.39 is 0 Å². The van der Waals surface area contributed by atoms with Crippen LogP contribution in [0.2, 0.25) is 0 Å². The van der Waals surface area contributed by atoms with E-state index in [-0.39, 0.29) is 0 Å². The van der Waals surface area contributed by atoms with Gasteiger partial charge in [0, 0.05) is 29.2 Å². The minimum Gasteiger partial charge on any atom is -0.295 e. The van der Waals surface area contributed by atoms with Gasteiger partial charge in [-0.15, -0.1) is 0 Å². The van der Waals surface area contributed by atoms with Crippen LogP contribution in [0.25, 0.3) is 16.9 Å². The number of nitrogens with zero attached hydrogens (tertiary/aromatic N) is 3. The second-order valence-electron chi connectivity index (χ2n) is 6.68. The monoisotopic (exact) mass is 304 g/mol. The van der Waals surface area contributed by atoms with E-state index in [4.69, 9.17) is 4.98 Å².